The second-order valence-corrected chi connectivity index (χ2v) is 6.10. The van der Waals surface area contributed by atoms with Crippen LogP contribution in [-0.2, 0) is 0 Å². The first kappa shape index (κ1) is 12.9. The van der Waals surface area contributed by atoms with Crippen LogP contribution in [0, 0.1) is 0 Å². The molecule has 0 saturated heterocycles. The number of nitrogens with one attached hydrogen (secondary N) is 1. The Balaban J connectivity index is 1.71. The molecule has 4 rings (SSSR count). The second-order valence-electron chi connectivity index (χ2n) is 6.10. The van der Waals surface area contributed by atoms with Gasteiger partial charge in [-0.05, 0) is 48.9 Å². The van der Waals surface area contributed by atoms with Gasteiger partial charge in [-0.25, -0.2) is 0 Å². The minimum Gasteiger partial charge on any atom is -0.493 e. The summed E-state index contributed by atoms with van der Waals surface area (Å²) >= 11 is 0. The van der Waals surface area contributed by atoms with Gasteiger partial charge in [0.25, 0.3) is 0 Å². The largest absolute Gasteiger partial charge is 0.493 e. The summed E-state index contributed by atoms with van der Waals surface area (Å²) in [5.41, 5.74) is 3.89. The molecule has 21 heavy (non-hydrogen) atoms. The lowest BCUT2D eigenvalue weighted by molar-refractivity contribution is 0.315. The smallest absolute Gasteiger partial charge is 0.124 e. The van der Waals surface area contributed by atoms with Crippen LogP contribution in [0.1, 0.15) is 37.3 Å². The van der Waals surface area contributed by atoms with Gasteiger partial charge in [-0.15, -0.1) is 0 Å². The van der Waals surface area contributed by atoms with Crippen molar-refractivity contribution in [2.45, 2.75) is 37.8 Å². The lowest BCUT2D eigenvalue weighted by Gasteiger charge is -2.19. The summed E-state index contributed by atoms with van der Waals surface area (Å²) in [4.78, 5) is 0. The fourth-order valence-electron chi connectivity index (χ4n) is 3.10. The summed E-state index contributed by atoms with van der Waals surface area (Å²) in [7, 11) is 0. The first-order valence-electron chi connectivity index (χ1n) is 7.98. The molecule has 2 aromatic carbocycles. The molecule has 1 fully saturated rings. The third-order valence-electron chi connectivity index (χ3n) is 4.40. The Morgan fingerprint density at radius 1 is 0.905 bits per heavy atom. The van der Waals surface area contributed by atoms with Gasteiger partial charge < -0.3 is 10.1 Å². The Bertz CT molecular complexity index is 619. The van der Waals surface area contributed by atoms with Crippen molar-refractivity contribution in [3.05, 3.63) is 54.1 Å². The van der Waals surface area contributed by atoms with Crippen molar-refractivity contribution in [3.8, 4) is 16.9 Å². The van der Waals surface area contributed by atoms with Crippen molar-refractivity contribution in [1.29, 1.82) is 0 Å². The Labute approximate surface area is 126 Å². The molecule has 1 aliphatic heterocycles. The molecular formula is C19H21NO. The minimum absolute atomic E-state index is 0.443. The summed E-state index contributed by atoms with van der Waals surface area (Å²) in [6, 6.07) is 18.4. The molecule has 2 aromatic rings. The van der Waals surface area contributed by atoms with Crippen molar-refractivity contribution in [2.24, 2.45) is 0 Å². The van der Waals surface area contributed by atoms with Crippen molar-refractivity contribution >= 4 is 0 Å². The quantitative estimate of drug-likeness (QED) is 0.903. The van der Waals surface area contributed by atoms with E-state index in [1.165, 1.54) is 36.0 Å². The van der Waals surface area contributed by atoms with E-state index in [1.807, 2.05) is 0 Å². The molecule has 1 N–H and O–H groups in total. The number of fused-ring (bicyclic) bond motifs is 1. The average Bonchev–Trinajstić information content (AvgIpc) is 3.36. The number of ether oxygens (including phenoxy) is 1. The van der Waals surface area contributed by atoms with Gasteiger partial charge in [0.15, 0.2) is 0 Å². The number of benzene rings is 2. The fraction of sp³-hybridized carbons (Fsp3) is 0.368. The molecule has 0 bridgehead atoms. The molecule has 1 saturated carbocycles. The van der Waals surface area contributed by atoms with E-state index in [9.17, 15) is 0 Å². The summed E-state index contributed by atoms with van der Waals surface area (Å²) in [5.74, 6) is 1.06. The van der Waals surface area contributed by atoms with Crippen molar-refractivity contribution in [3.63, 3.8) is 0 Å². The molecule has 2 heteroatoms. The zero-order valence-electron chi connectivity index (χ0n) is 12.2. The number of hydrogen-bond donors (Lipinski definition) is 1. The molecule has 1 atom stereocenters. The molecule has 0 spiro atoms. The fourth-order valence-corrected chi connectivity index (χ4v) is 3.10. The maximum Gasteiger partial charge on any atom is 0.124 e. The van der Waals surface area contributed by atoms with Crippen LogP contribution in [0.2, 0.25) is 0 Å². The highest BCUT2D eigenvalue weighted by molar-refractivity contribution is 5.66. The highest BCUT2D eigenvalue weighted by Gasteiger charge is 2.28. The maximum absolute atomic E-state index is 5.93. The van der Waals surface area contributed by atoms with Crippen LogP contribution in [0.4, 0.5) is 0 Å². The Kier molecular flexibility index (Phi) is 3.40. The van der Waals surface area contributed by atoms with Gasteiger partial charge in [-0.3, -0.25) is 0 Å². The molecule has 1 heterocycles. The van der Waals surface area contributed by atoms with E-state index >= 15 is 0 Å². The van der Waals surface area contributed by atoms with Crippen molar-refractivity contribution in [2.75, 3.05) is 6.61 Å². The van der Waals surface area contributed by atoms with Gasteiger partial charge in [-0.1, -0.05) is 36.4 Å². The van der Waals surface area contributed by atoms with Crippen LogP contribution in [0.15, 0.2) is 48.5 Å². The lowest BCUT2D eigenvalue weighted by atomic mass is 9.96. The summed E-state index contributed by atoms with van der Waals surface area (Å²) < 4.78 is 5.93. The van der Waals surface area contributed by atoms with E-state index in [0.717, 1.165) is 24.8 Å². The molecule has 0 aromatic heterocycles. The predicted octanol–water partition coefficient (Wildman–Crippen LogP) is 4.32. The van der Waals surface area contributed by atoms with Crippen LogP contribution in [0.5, 0.6) is 5.75 Å². The third kappa shape index (κ3) is 2.81. The Morgan fingerprint density at radius 2 is 1.76 bits per heavy atom. The minimum atomic E-state index is 0.443. The van der Waals surface area contributed by atoms with Crippen molar-refractivity contribution in [1.82, 2.24) is 5.32 Å². The van der Waals surface area contributed by atoms with Gasteiger partial charge >= 0.3 is 0 Å². The summed E-state index contributed by atoms with van der Waals surface area (Å²) in [6.45, 7) is 0.834. The van der Waals surface area contributed by atoms with Gasteiger partial charge in [0, 0.05) is 17.6 Å². The number of hydrogen-bond acceptors (Lipinski definition) is 2. The highest BCUT2D eigenvalue weighted by atomic mass is 16.5. The van der Waals surface area contributed by atoms with E-state index in [-0.39, 0.29) is 0 Å². The van der Waals surface area contributed by atoms with Gasteiger partial charge in [0.05, 0.1) is 6.61 Å². The molecule has 1 aliphatic carbocycles. The summed E-state index contributed by atoms with van der Waals surface area (Å²) in [5, 5.41) is 3.79. The third-order valence-corrected chi connectivity index (χ3v) is 4.40. The molecule has 0 amide bonds. The van der Waals surface area contributed by atoms with E-state index < -0.39 is 0 Å². The molecule has 2 nitrogen and oxygen atoms in total. The van der Waals surface area contributed by atoms with E-state index in [2.05, 4.69) is 53.8 Å². The Morgan fingerprint density at radius 3 is 2.57 bits per heavy atom. The van der Waals surface area contributed by atoms with Gasteiger partial charge in [0.2, 0.25) is 0 Å². The molecule has 1 unspecified atom stereocenters. The highest BCUT2D eigenvalue weighted by Crippen LogP contribution is 2.37. The van der Waals surface area contributed by atoms with Crippen LogP contribution in [0.25, 0.3) is 11.1 Å². The van der Waals surface area contributed by atoms with Crippen molar-refractivity contribution < 1.29 is 4.74 Å². The first-order chi connectivity index (χ1) is 10.4. The molecule has 2 aliphatic rings. The SMILES string of the molecule is c1ccc(-c2ccc3c(c2)C(NC2CC2)CCCO3)cc1. The van der Waals surface area contributed by atoms with Crippen LogP contribution < -0.4 is 10.1 Å². The average molecular weight is 279 g/mol. The zero-order chi connectivity index (χ0) is 14.1. The molecular weight excluding hydrogens is 258 g/mol. The lowest BCUT2D eigenvalue weighted by Crippen LogP contribution is -2.23. The zero-order valence-corrected chi connectivity index (χ0v) is 12.2. The van der Waals surface area contributed by atoms with Crippen LogP contribution in [0.3, 0.4) is 0 Å². The van der Waals surface area contributed by atoms with E-state index in [0.29, 0.717) is 6.04 Å². The second kappa shape index (κ2) is 5.53. The van der Waals surface area contributed by atoms with E-state index in [1.54, 1.807) is 0 Å². The van der Waals surface area contributed by atoms with Gasteiger partial charge in [-0.2, -0.15) is 0 Å². The summed E-state index contributed by atoms with van der Waals surface area (Å²) in [6.07, 6.45) is 4.94. The maximum atomic E-state index is 5.93. The van der Waals surface area contributed by atoms with Gasteiger partial charge in [0.1, 0.15) is 5.75 Å². The molecule has 108 valence electrons. The molecule has 0 radical (unpaired) electrons. The van der Waals surface area contributed by atoms with Crippen LogP contribution in [-0.4, -0.2) is 12.6 Å². The topological polar surface area (TPSA) is 21.3 Å². The predicted molar refractivity (Wildman–Crippen MR) is 85.5 cm³/mol. The van der Waals surface area contributed by atoms with Crippen LogP contribution >= 0.6 is 0 Å². The first-order valence-corrected chi connectivity index (χ1v) is 7.98. The normalized spacial score (nSPS) is 21.2. The Hall–Kier alpha value is -1.80. The monoisotopic (exact) mass is 279 g/mol. The van der Waals surface area contributed by atoms with E-state index in [4.69, 9.17) is 4.74 Å². The standard InChI is InChI=1S/C19H21NO/c1-2-5-14(6-3-1)15-8-11-19-17(13-15)18(7-4-12-21-19)20-16-9-10-16/h1-3,5-6,8,11,13,16,18,20H,4,7,9-10,12H2. The number of rotatable bonds is 3.